The van der Waals surface area contributed by atoms with Crippen molar-refractivity contribution >= 4 is 38.7 Å². The predicted octanol–water partition coefficient (Wildman–Crippen LogP) is 4.20. The number of hydrogen-bond donors (Lipinski definition) is 1. The van der Waals surface area contributed by atoms with Crippen molar-refractivity contribution in [2.24, 2.45) is 0 Å². The summed E-state index contributed by atoms with van der Waals surface area (Å²) in [7, 11) is -3.30. The van der Waals surface area contributed by atoms with Gasteiger partial charge in [-0.3, -0.25) is 4.72 Å². The number of benzene rings is 2. The molecule has 3 aromatic rings. The molecule has 2 aromatic carbocycles. The van der Waals surface area contributed by atoms with Crippen LogP contribution in [0.4, 0.5) is 5.69 Å². The van der Waals surface area contributed by atoms with Crippen molar-refractivity contribution in [2.75, 3.05) is 11.0 Å². The Labute approximate surface area is 157 Å². The molecule has 0 aliphatic heterocycles. The zero-order valence-electron chi connectivity index (χ0n) is 14.3. The van der Waals surface area contributed by atoms with Gasteiger partial charge < -0.3 is 0 Å². The lowest BCUT2D eigenvalue weighted by molar-refractivity contribution is 0.607. The molecule has 132 valence electrons. The zero-order chi connectivity index (χ0) is 18.1. The summed E-state index contributed by atoms with van der Waals surface area (Å²) < 4.78 is 25.5. The molecule has 1 aliphatic rings. The first-order valence-electron chi connectivity index (χ1n) is 8.30. The normalized spacial score (nSPS) is 15.2. The third-order valence-electron chi connectivity index (χ3n) is 4.33. The average Bonchev–Trinajstić information content (AvgIpc) is 3.00. The second kappa shape index (κ2) is 6.70. The van der Waals surface area contributed by atoms with E-state index in [-0.39, 0.29) is 0 Å². The molecular weight excluding hydrogens is 364 g/mol. The van der Waals surface area contributed by atoms with E-state index in [9.17, 15) is 8.42 Å². The Morgan fingerprint density at radius 1 is 1.12 bits per heavy atom. The van der Waals surface area contributed by atoms with Crippen LogP contribution in [-0.2, 0) is 22.9 Å². The fourth-order valence-electron chi connectivity index (χ4n) is 3.26. The van der Waals surface area contributed by atoms with Crippen LogP contribution < -0.4 is 4.72 Å². The maximum atomic E-state index is 11.5. The summed E-state index contributed by atoms with van der Waals surface area (Å²) in [6.45, 7) is 0. The third-order valence-corrected chi connectivity index (χ3v) is 5.83. The van der Waals surface area contributed by atoms with Gasteiger partial charge in [-0.1, -0.05) is 36.4 Å². The van der Waals surface area contributed by atoms with E-state index in [1.807, 2.05) is 29.8 Å². The fraction of sp³-hybridized carbons (Fsp3) is 0.150. The highest BCUT2D eigenvalue weighted by Gasteiger charge is 2.20. The van der Waals surface area contributed by atoms with Gasteiger partial charge in [0.05, 0.1) is 17.5 Å². The molecule has 1 aliphatic carbocycles. The van der Waals surface area contributed by atoms with Crippen molar-refractivity contribution in [1.82, 2.24) is 4.98 Å². The second-order valence-electron chi connectivity index (χ2n) is 6.34. The number of rotatable bonds is 3. The lowest BCUT2D eigenvalue weighted by Crippen LogP contribution is -2.09. The Balaban J connectivity index is 1.84. The standard InChI is InChI=1S/C20H18N2O2S2/c1-26(23,24)22-16-7-4-5-14(11-16)12-18-17-8-3-2-6-15(17)9-10-19-20(18)21-13-25-19/h2-8,11-13,22H,9-10H2,1H3/b18-12+. The minimum absolute atomic E-state index is 0.558. The average molecular weight is 383 g/mol. The molecule has 6 heteroatoms. The molecule has 0 radical (unpaired) electrons. The minimum Gasteiger partial charge on any atom is -0.284 e. The summed E-state index contributed by atoms with van der Waals surface area (Å²) >= 11 is 1.69. The number of hydrogen-bond acceptors (Lipinski definition) is 4. The largest absolute Gasteiger partial charge is 0.284 e. The van der Waals surface area contributed by atoms with E-state index in [0.29, 0.717) is 5.69 Å². The first-order chi connectivity index (χ1) is 12.5. The van der Waals surface area contributed by atoms with Gasteiger partial charge in [-0.25, -0.2) is 13.4 Å². The van der Waals surface area contributed by atoms with Gasteiger partial charge in [0.2, 0.25) is 10.0 Å². The molecule has 0 spiro atoms. The quantitative estimate of drug-likeness (QED) is 0.738. The van der Waals surface area contributed by atoms with E-state index in [1.54, 1.807) is 17.4 Å². The summed E-state index contributed by atoms with van der Waals surface area (Å²) in [6, 6.07) is 15.8. The molecule has 0 saturated heterocycles. The fourth-order valence-corrected chi connectivity index (χ4v) is 4.60. The lowest BCUT2D eigenvalue weighted by atomic mass is 9.96. The van der Waals surface area contributed by atoms with Crippen molar-refractivity contribution < 1.29 is 8.42 Å². The number of thiazole rings is 1. The summed E-state index contributed by atoms with van der Waals surface area (Å²) in [5.41, 5.74) is 8.01. The van der Waals surface area contributed by atoms with Gasteiger partial charge in [0.1, 0.15) is 0 Å². The number of fused-ring (bicyclic) bond motifs is 2. The predicted molar refractivity (Wildman–Crippen MR) is 108 cm³/mol. The van der Waals surface area contributed by atoms with Crippen LogP contribution in [0.3, 0.4) is 0 Å². The van der Waals surface area contributed by atoms with Crippen LogP contribution in [0.25, 0.3) is 11.6 Å². The topological polar surface area (TPSA) is 59.1 Å². The maximum Gasteiger partial charge on any atom is 0.229 e. The molecule has 0 fully saturated rings. The van der Waals surface area contributed by atoms with Gasteiger partial charge in [0.25, 0.3) is 0 Å². The highest BCUT2D eigenvalue weighted by Crippen LogP contribution is 2.35. The van der Waals surface area contributed by atoms with Crippen LogP contribution in [-0.4, -0.2) is 19.7 Å². The van der Waals surface area contributed by atoms with Gasteiger partial charge in [0.15, 0.2) is 0 Å². The van der Waals surface area contributed by atoms with Gasteiger partial charge in [0, 0.05) is 16.1 Å². The van der Waals surface area contributed by atoms with Gasteiger partial charge >= 0.3 is 0 Å². The molecule has 0 atom stereocenters. The van der Waals surface area contributed by atoms with Crippen LogP contribution in [0.2, 0.25) is 0 Å². The number of anilines is 1. The highest BCUT2D eigenvalue weighted by atomic mass is 32.2. The van der Waals surface area contributed by atoms with E-state index in [0.717, 1.165) is 35.9 Å². The lowest BCUT2D eigenvalue weighted by Gasteiger charge is -2.10. The maximum absolute atomic E-state index is 11.5. The summed E-state index contributed by atoms with van der Waals surface area (Å²) in [4.78, 5) is 5.90. The summed E-state index contributed by atoms with van der Waals surface area (Å²) in [6.07, 6.45) is 5.24. The SMILES string of the molecule is CS(=O)(=O)Nc1cccc(/C=C2\c3ccccc3CCc3scnc32)c1. The summed E-state index contributed by atoms with van der Waals surface area (Å²) in [5.74, 6) is 0. The summed E-state index contributed by atoms with van der Waals surface area (Å²) in [5, 5.41) is 0. The number of sulfonamides is 1. The zero-order valence-corrected chi connectivity index (χ0v) is 15.9. The third kappa shape index (κ3) is 3.57. The van der Waals surface area contributed by atoms with E-state index < -0.39 is 10.0 Å². The first-order valence-corrected chi connectivity index (χ1v) is 11.1. The molecule has 0 bridgehead atoms. The van der Waals surface area contributed by atoms with Gasteiger partial charge in [-0.15, -0.1) is 11.3 Å². The van der Waals surface area contributed by atoms with Crippen molar-refractivity contribution in [3.05, 3.63) is 81.3 Å². The van der Waals surface area contributed by atoms with Crippen LogP contribution in [0.15, 0.2) is 54.0 Å². The highest BCUT2D eigenvalue weighted by molar-refractivity contribution is 7.92. The molecule has 0 saturated carbocycles. The second-order valence-corrected chi connectivity index (χ2v) is 9.03. The van der Waals surface area contributed by atoms with Crippen molar-refractivity contribution in [3.8, 4) is 0 Å². The molecule has 4 nitrogen and oxygen atoms in total. The number of aryl methyl sites for hydroxylation is 2. The molecule has 26 heavy (non-hydrogen) atoms. The monoisotopic (exact) mass is 382 g/mol. The van der Waals surface area contributed by atoms with Crippen LogP contribution in [0.1, 0.15) is 27.3 Å². The van der Waals surface area contributed by atoms with Crippen molar-refractivity contribution in [3.63, 3.8) is 0 Å². The Kier molecular flexibility index (Phi) is 4.38. The molecule has 1 aromatic heterocycles. The van der Waals surface area contributed by atoms with E-state index in [2.05, 4.69) is 34.0 Å². The molecular formula is C20H18N2O2S2. The van der Waals surface area contributed by atoms with Gasteiger partial charge in [-0.05, 0) is 47.7 Å². The molecule has 0 amide bonds. The molecule has 4 rings (SSSR count). The molecule has 1 heterocycles. The number of nitrogens with zero attached hydrogens (tertiary/aromatic N) is 1. The Hall–Kier alpha value is -2.44. The van der Waals surface area contributed by atoms with Gasteiger partial charge in [-0.2, -0.15) is 0 Å². The van der Waals surface area contributed by atoms with Crippen LogP contribution in [0, 0.1) is 0 Å². The van der Waals surface area contributed by atoms with Crippen molar-refractivity contribution in [2.45, 2.75) is 12.8 Å². The van der Waals surface area contributed by atoms with Crippen molar-refractivity contribution in [1.29, 1.82) is 0 Å². The molecule has 0 unspecified atom stereocenters. The Bertz CT molecular complexity index is 1100. The molecule has 1 N–H and O–H groups in total. The Morgan fingerprint density at radius 3 is 2.81 bits per heavy atom. The number of aromatic nitrogens is 1. The van der Waals surface area contributed by atoms with E-state index in [4.69, 9.17) is 0 Å². The van der Waals surface area contributed by atoms with Crippen LogP contribution in [0.5, 0.6) is 0 Å². The van der Waals surface area contributed by atoms with E-state index >= 15 is 0 Å². The first kappa shape index (κ1) is 17.0. The van der Waals surface area contributed by atoms with Crippen LogP contribution >= 0.6 is 11.3 Å². The Morgan fingerprint density at radius 2 is 1.96 bits per heavy atom. The smallest absolute Gasteiger partial charge is 0.229 e. The minimum atomic E-state index is -3.30. The van der Waals surface area contributed by atoms with E-state index in [1.165, 1.54) is 16.0 Å². The number of nitrogens with one attached hydrogen (secondary N) is 1.